The van der Waals surface area contributed by atoms with Crippen molar-refractivity contribution >= 4 is 16.6 Å². The molecule has 0 saturated carbocycles. The van der Waals surface area contributed by atoms with Crippen molar-refractivity contribution in [2.24, 2.45) is 5.92 Å². The Morgan fingerprint density at radius 2 is 1.76 bits per heavy atom. The molecule has 0 spiro atoms. The van der Waals surface area contributed by atoms with Gasteiger partial charge in [0, 0.05) is 35.6 Å². The Kier molecular flexibility index (Phi) is 3.99. The number of hydrogen-bond donors (Lipinski definition) is 1. The van der Waals surface area contributed by atoms with Crippen molar-refractivity contribution in [2.45, 2.75) is 12.8 Å². The maximum absolute atomic E-state index is 10.2. The number of anilines is 1. The van der Waals surface area contributed by atoms with Crippen molar-refractivity contribution in [3.8, 4) is 23.1 Å². The lowest BCUT2D eigenvalue weighted by molar-refractivity contribution is 0.477. The highest BCUT2D eigenvalue weighted by Gasteiger charge is 2.21. The van der Waals surface area contributed by atoms with E-state index in [1.807, 2.05) is 36.4 Å². The van der Waals surface area contributed by atoms with Crippen LogP contribution in [-0.2, 0) is 0 Å². The summed E-state index contributed by atoms with van der Waals surface area (Å²) in [5, 5.41) is 20.5. The monoisotopic (exact) mass is 329 g/mol. The van der Waals surface area contributed by atoms with E-state index >= 15 is 0 Å². The van der Waals surface area contributed by atoms with E-state index < -0.39 is 0 Å². The molecule has 2 aromatic carbocycles. The summed E-state index contributed by atoms with van der Waals surface area (Å²) in [6.45, 7) is 1.74. The van der Waals surface area contributed by atoms with Gasteiger partial charge in [0.25, 0.3) is 0 Å². The zero-order valence-electron chi connectivity index (χ0n) is 13.9. The van der Waals surface area contributed by atoms with E-state index in [0.29, 0.717) is 0 Å². The predicted octanol–water partition coefficient (Wildman–Crippen LogP) is 4.35. The van der Waals surface area contributed by atoms with Crippen LogP contribution in [0.1, 0.15) is 12.8 Å². The number of aromatic hydroxyl groups is 1. The first-order valence-electron chi connectivity index (χ1n) is 8.59. The minimum Gasteiger partial charge on any atom is -0.507 e. The number of nitriles is 1. The largest absolute Gasteiger partial charge is 0.507 e. The molecule has 0 radical (unpaired) electrons. The lowest BCUT2D eigenvalue weighted by Crippen LogP contribution is -2.33. The fourth-order valence-corrected chi connectivity index (χ4v) is 3.50. The Hall–Kier alpha value is -3.06. The topological polar surface area (TPSA) is 60.2 Å². The zero-order valence-corrected chi connectivity index (χ0v) is 13.9. The first-order chi connectivity index (χ1) is 12.3. The first-order valence-corrected chi connectivity index (χ1v) is 8.59. The number of rotatable bonds is 2. The summed E-state index contributed by atoms with van der Waals surface area (Å²) in [4.78, 5) is 7.09. The summed E-state index contributed by atoms with van der Waals surface area (Å²) in [7, 11) is 0. The van der Waals surface area contributed by atoms with Gasteiger partial charge in [-0.1, -0.05) is 30.3 Å². The van der Waals surface area contributed by atoms with E-state index in [9.17, 15) is 5.11 Å². The molecule has 0 amide bonds. The van der Waals surface area contributed by atoms with Crippen LogP contribution in [0.2, 0.25) is 0 Å². The van der Waals surface area contributed by atoms with Gasteiger partial charge in [-0.25, -0.2) is 4.98 Å². The van der Waals surface area contributed by atoms with Crippen molar-refractivity contribution in [3.63, 3.8) is 0 Å². The van der Waals surface area contributed by atoms with E-state index in [2.05, 4.69) is 23.1 Å². The van der Waals surface area contributed by atoms with Gasteiger partial charge in [-0.15, -0.1) is 0 Å². The maximum Gasteiger partial charge on any atom is 0.124 e. The molecule has 1 aliphatic rings. The van der Waals surface area contributed by atoms with Crippen molar-refractivity contribution < 1.29 is 5.11 Å². The lowest BCUT2D eigenvalue weighted by Gasteiger charge is -2.32. The number of hydrogen-bond acceptors (Lipinski definition) is 4. The third-order valence-electron chi connectivity index (χ3n) is 4.89. The molecule has 1 aromatic heterocycles. The van der Waals surface area contributed by atoms with E-state index in [1.165, 1.54) is 0 Å². The molecule has 0 aliphatic carbocycles. The quantitative estimate of drug-likeness (QED) is 0.759. The number of nitrogens with zero attached hydrogens (tertiary/aromatic N) is 3. The van der Waals surface area contributed by atoms with Crippen LogP contribution in [0.4, 0.5) is 5.69 Å². The van der Waals surface area contributed by atoms with Gasteiger partial charge in [0.15, 0.2) is 0 Å². The Bertz CT molecular complexity index is 953. The van der Waals surface area contributed by atoms with Crippen LogP contribution in [0, 0.1) is 17.2 Å². The minimum atomic E-state index is 0.155. The normalized spacial score (nSPS) is 15.2. The van der Waals surface area contributed by atoms with Crippen molar-refractivity contribution in [1.29, 1.82) is 5.26 Å². The molecule has 0 bridgehead atoms. The molecule has 4 nitrogen and oxygen atoms in total. The summed E-state index contributed by atoms with van der Waals surface area (Å²) >= 11 is 0. The summed E-state index contributed by atoms with van der Waals surface area (Å²) in [5.74, 6) is 0.390. The molecule has 4 rings (SSSR count). The second kappa shape index (κ2) is 6.45. The maximum atomic E-state index is 10.2. The zero-order chi connectivity index (χ0) is 17.2. The molecule has 1 aliphatic heterocycles. The number of pyridine rings is 1. The smallest absolute Gasteiger partial charge is 0.124 e. The van der Waals surface area contributed by atoms with Gasteiger partial charge in [-0.2, -0.15) is 5.26 Å². The van der Waals surface area contributed by atoms with E-state index in [4.69, 9.17) is 10.2 Å². The average Bonchev–Trinajstić information content (AvgIpc) is 2.67. The Balaban J connectivity index is 1.83. The predicted molar refractivity (Wildman–Crippen MR) is 99.4 cm³/mol. The molecule has 2 heterocycles. The number of phenolic OH excluding ortho intramolecular Hbond substituents is 1. The second-order valence-corrected chi connectivity index (χ2v) is 6.45. The van der Waals surface area contributed by atoms with Gasteiger partial charge in [-0.3, -0.25) is 0 Å². The fourth-order valence-electron chi connectivity index (χ4n) is 3.50. The Morgan fingerprint density at radius 3 is 2.52 bits per heavy atom. The van der Waals surface area contributed by atoms with E-state index in [0.717, 1.165) is 53.8 Å². The molecule has 1 fully saturated rings. The van der Waals surface area contributed by atoms with Crippen LogP contribution >= 0.6 is 0 Å². The molecule has 3 aromatic rings. The number of benzene rings is 2. The summed E-state index contributed by atoms with van der Waals surface area (Å²) in [5.41, 5.74) is 3.55. The van der Waals surface area contributed by atoms with Crippen molar-refractivity contribution in [2.75, 3.05) is 18.0 Å². The SMILES string of the molecule is N#CC1CCN(c2cc(-c3ccccc3O)nc3ccccc23)CC1. The molecule has 25 heavy (non-hydrogen) atoms. The van der Waals surface area contributed by atoms with Crippen molar-refractivity contribution in [1.82, 2.24) is 4.98 Å². The standard InChI is InChI=1S/C21H19N3O/c22-14-15-9-11-24(12-10-15)20-13-19(17-6-2-4-8-21(17)25)23-18-7-3-1-5-16(18)20/h1-8,13,15,25H,9-12H2. The van der Waals surface area contributed by atoms with Gasteiger partial charge in [0.05, 0.1) is 17.3 Å². The number of piperidine rings is 1. The van der Waals surface area contributed by atoms with E-state index in [1.54, 1.807) is 6.07 Å². The molecule has 4 heteroatoms. The second-order valence-electron chi connectivity index (χ2n) is 6.45. The molecule has 0 unspecified atom stereocenters. The lowest BCUT2D eigenvalue weighted by atomic mass is 9.97. The highest BCUT2D eigenvalue weighted by atomic mass is 16.3. The molecule has 1 N–H and O–H groups in total. The minimum absolute atomic E-state index is 0.155. The molecule has 124 valence electrons. The van der Waals surface area contributed by atoms with Gasteiger partial charge in [0.2, 0.25) is 0 Å². The first kappa shape index (κ1) is 15.5. The van der Waals surface area contributed by atoms with Crippen LogP contribution in [-0.4, -0.2) is 23.2 Å². The van der Waals surface area contributed by atoms with Gasteiger partial charge < -0.3 is 10.0 Å². The van der Waals surface area contributed by atoms with Crippen LogP contribution in [0.25, 0.3) is 22.2 Å². The van der Waals surface area contributed by atoms with Crippen LogP contribution in [0.5, 0.6) is 5.75 Å². The molecule has 0 atom stereocenters. The highest BCUT2D eigenvalue weighted by molar-refractivity contribution is 5.94. The number of fused-ring (bicyclic) bond motifs is 1. The van der Waals surface area contributed by atoms with E-state index in [-0.39, 0.29) is 11.7 Å². The fraction of sp³-hybridized carbons (Fsp3) is 0.238. The molecular weight excluding hydrogens is 310 g/mol. The van der Waals surface area contributed by atoms with Gasteiger partial charge >= 0.3 is 0 Å². The Morgan fingerprint density at radius 1 is 1.04 bits per heavy atom. The van der Waals surface area contributed by atoms with Crippen LogP contribution < -0.4 is 4.90 Å². The molecular formula is C21H19N3O. The summed E-state index contributed by atoms with van der Waals surface area (Å²) in [6.07, 6.45) is 1.78. The number of para-hydroxylation sites is 2. The third kappa shape index (κ3) is 2.89. The van der Waals surface area contributed by atoms with Gasteiger partial charge in [-0.05, 0) is 37.1 Å². The number of phenols is 1. The van der Waals surface area contributed by atoms with Crippen LogP contribution in [0.3, 0.4) is 0 Å². The summed E-state index contributed by atoms with van der Waals surface area (Å²) < 4.78 is 0. The summed E-state index contributed by atoms with van der Waals surface area (Å²) in [6, 6.07) is 19.8. The third-order valence-corrected chi connectivity index (χ3v) is 4.89. The number of aromatic nitrogens is 1. The highest BCUT2D eigenvalue weighted by Crippen LogP contribution is 2.35. The average molecular weight is 329 g/mol. The van der Waals surface area contributed by atoms with Crippen molar-refractivity contribution in [3.05, 3.63) is 54.6 Å². The van der Waals surface area contributed by atoms with Crippen LogP contribution in [0.15, 0.2) is 54.6 Å². The van der Waals surface area contributed by atoms with Gasteiger partial charge in [0.1, 0.15) is 5.75 Å². The Labute approximate surface area is 147 Å². The molecule has 1 saturated heterocycles.